The predicted octanol–water partition coefficient (Wildman–Crippen LogP) is -0.863. The molecule has 0 spiro atoms. The third kappa shape index (κ3) is 1.64. The fraction of sp³-hybridized carbons (Fsp3) is 0.700. The van der Waals surface area contributed by atoms with Crippen LogP contribution in [0.3, 0.4) is 0 Å². The molecule has 3 heterocycles. The summed E-state index contributed by atoms with van der Waals surface area (Å²) in [6.07, 6.45) is 3.63. The molecule has 0 aromatic carbocycles. The minimum Gasteiger partial charge on any atom is -0.481 e. The Morgan fingerprint density at radius 2 is 2.22 bits per heavy atom. The van der Waals surface area contributed by atoms with Crippen molar-refractivity contribution in [3.63, 3.8) is 0 Å². The number of rotatable bonds is 3. The summed E-state index contributed by atoms with van der Waals surface area (Å²) in [5.74, 6) is -1.32. The molecule has 0 aliphatic carbocycles. The number of aromatic nitrogens is 4. The Kier molecular flexibility index (Phi) is 2.49. The lowest BCUT2D eigenvalue weighted by Crippen LogP contribution is -2.39. The molecule has 3 rings (SSSR count). The summed E-state index contributed by atoms with van der Waals surface area (Å²) in [6, 6.07) is -0.0865. The van der Waals surface area contributed by atoms with Gasteiger partial charge >= 0.3 is 5.97 Å². The van der Waals surface area contributed by atoms with Crippen LogP contribution in [0.25, 0.3) is 0 Å². The Balaban J connectivity index is 1.73. The number of nitrogens with zero attached hydrogens (tertiary/aromatic N) is 5. The lowest BCUT2D eigenvalue weighted by Gasteiger charge is -2.22. The highest BCUT2D eigenvalue weighted by atomic mass is 16.4. The van der Waals surface area contributed by atoms with E-state index >= 15 is 0 Å². The van der Waals surface area contributed by atoms with E-state index in [0.29, 0.717) is 6.42 Å². The van der Waals surface area contributed by atoms with E-state index in [1.807, 2.05) is 0 Å². The molecule has 1 amide bonds. The van der Waals surface area contributed by atoms with Crippen LogP contribution in [0.2, 0.25) is 0 Å². The highest BCUT2D eigenvalue weighted by Gasteiger charge is 2.51. The van der Waals surface area contributed by atoms with Gasteiger partial charge in [-0.1, -0.05) is 0 Å². The van der Waals surface area contributed by atoms with Crippen LogP contribution in [0.5, 0.6) is 0 Å². The first-order chi connectivity index (χ1) is 8.66. The van der Waals surface area contributed by atoms with Crippen molar-refractivity contribution in [2.24, 2.45) is 5.92 Å². The highest BCUT2D eigenvalue weighted by molar-refractivity contribution is 5.80. The van der Waals surface area contributed by atoms with Crippen molar-refractivity contribution in [3.05, 3.63) is 6.33 Å². The van der Waals surface area contributed by atoms with E-state index in [0.717, 1.165) is 12.8 Å². The molecule has 1 aromatic heterocycles. The first-order valence-corrected chi connectivity index (χ1v) is 5.91. The van der Waals surface area contributed by atoms with E-state index in [9.17, 15) is 9.59 Å². The molecule has 2 fully saturated rings. The lowest BCUT2D eigenvalue weighted by atomic mass is 9.89. The van der Waals surface area contributed by atoms with Gasteiger partial charge in [0.15, 0.2) is 0 Å². The van der Waals surface area contributed by atoms with Crippen LogP contribution in [0, 0.1) is 5.92 Å². The number of carboxylic acids is 1. The summed E-state index contributed by atoms with van der Waals surface area (Å²) in [5.41, 5.74) is 0. The van der Waals surface area contributed by atoms with E-state index in [2.05, 4.69) is 15.5 Å². The molecule has 1 aromatic rings. The Morgan fingerprint density at radius 1 is 1.39 bits per heavy atom. The van der Waals surface area contributed by atoms with Crippen molar-refractivity contribution in [2.75, 3.05) is 0 Å². The zero-order valence-electron chi connectivity index (χ0n) is 9.64. The van der Waals surface area contributed by atoms with Gasteiger partial charge < -0.3 is 10.0 Å². The quantitative estimate of drug-likeness (QED) is 0.750. The molecule has 8 nitrogen and oxygen atoms in total. The number of hydrogen-bond donors (Lipinski definition) is 1. The van der Waals surface area contributed by atoms with E-state index < -0.39 is 11.9 Å². The van der Waals surface area contributed by atoms with Crippen LogP contribution in [-0.4, -0.2) is 54.2 Å². The van der Waals surface area contributed by atoms with Gasteiger partial charge in [0.1, 0.15) is 12.9 Å². The summed E-state index contributed by atoms with van der Waals surface area (Å²) < 4.78 is 1.36. The van der Waals surface area contributed by atoms with E-state index in [-0.39, 0.29) is 24.5 Å². The van der Waals surface area contributed by atoms with Crippen molar-refractivity contribution in [3.8, 4) is 0 Å². The number of carbonyl (C=O) groups excluding carboxylic acids is 1. The highest BCUT2D eigenvalue weighted by Crippen LogP contribution is 2.41. The van der Waals surface area contributed by atoms with Gasteiger partial charge in [0.05, 0.1) is 5.92 Å². The summed E-state index contributed by atoms with van der Waals surface area (Å²) in [5, 5.41) is 19.7. The van der Waals surface area contributed by atoms with Crippen LogP contribution < -0.4 is 0 Å². The van der Waals surface area contributed by atoms with Crippen molar-refractivity contribution < 1.29 is 14.7 Å². The second-order valence-corrected chi connectivity index (χ2v) is 4.79. The predicted molar refractivity (Wildman–Crippen MR) is 57.2 cm³/mol. The van der Waals surface area contributed by atoms with Gasteiger partial charge in [0, 0.05) is 12.1 Å². The summed E-state index contributed by atoms with van der Waals surface area (Å²) >= 11 is 0. The molecule has 0 saturated carbocycles. The first-order valence-electron chi connectivity index (χ1n) is 5.91. The van der Waals surface area contributed by atoms with E-state index in [1.54, 1.807) is 4.90 Å². The second kappa shape index (κ2) is 4.04. The first kappa shape index (κ1) is 11.1. The Hall–Kier alpha value is -1.99. The Morgan fingerprint density at radius 3 is 2.83 bits per heavy atom. The second-order valence-electron chi connectivity index (χ2n) is 4.79. The summed E-state index contributed by atoms with van der Waals surface area (Å²) in [7, 11) is 0. The van der Waals surface area contributed by atoms with Gasteiger partial charge in [-0.2, -0.15) is 0 Å². The topological polar surface area (TPSA) is 101 Å². The number of amides is 1. The monoisotopic (exact) mass is 251 g/mol. The van der Waals surface area contributed by atoms with Gasteiger partial charge in [-0.15, -0.1) is 5.10 Å². The Labute approximate surface area is 103 Å². The van der Waals surface area contributed by atoms with Gasteiger partial charge in [0.25, 0.3) is 0 Å². The number of aliphatic carboxylic acids is 1. The van der Waals surface area contributed by atoms with Crippen LogP contribution in [0.15, 0.2) is 6.33 Å². The van der Waals surface area contributed by atoms with Crippen LogP contribution >= 0.6 is 0 Å². The maximum Gasteiger partial charge on any atom is 0.308 e. The van der Waals surface area contributed by atoms with E-state index in [4.69, 9.17) is 5.11 Å². The molecule has 18 heavy (non-hydrogen) atoms. The minimum atomic E-state index is -0.803. The number of carboxylic acid groups (broad SMARTS) is 1. The van der Waals surface area contributed by atoms with Crippen molar-refractivity contribution >= 4 is 11.9 Å². The van der Waals surface area contributed by atoms with Crippen molar-refractivity contribution in [2.45, 2.75) is 37.9 Å². The molecule has 3 atom stereocenters. The number of carbonyl (C=O) groups is 2. The largest absolute Gasteiger partial charge is 0.481 e. The third-order valence-electron chi connectivity index (χ3n) is 3.83. The van der Waals surface area contributed by atoms with Gasteiger partial charge in [-0.25, -0.2) is 4.68 Å². The standard InChI is InChI=1S/C10H13N5O3/c16-9(4-14-5-11-12-13-14)15-6-1-2-8(15)7(3-6)10(17)18/h5-8H,1-4H2,(H,17,18). The van der Waals surface area contributed by atoms with Crippen molar-refractivity contribution in [1.29, 1.82) is 0 Å². The average Bonchev–Trinajstić information content (AvgIpc) is 3.02. The smallest absolute Gasteiger partial charge is 0.308 e. The maximum atomic E-state index is 12.2. The molecule has 2 aliphatic rings. The summed E-state index contributed by atoms with van der Waals surface area (Å²) in [6.45, 7) is 0.0757. The molecule has 3 unspecified atom stereocenters. The van der Waals surface area contributed by atoms with Crippen LogP contribution in [-0.2, 0) is 16.1 Å². The molecule has 0 radical (unpaired) electrons. The summed E-state index contributed by atoms with van der Waals surface area (Å²) in [4.78, 5) is 25.0. The molecule has 2 aliphatic heterocycles. The fourth-order valence-electron chi connectivity index (χ4n) is 3.12. The number of hydrogen-bond acceptors (Lipinski definition) is 5. The van der Waals surface area contributed by atoms with E-state index in [1.165, 1.54) is 11.0 Å². The Bertz CT molecular complexity index is 474. The average molecular weight is 251 g/mol. The zero-order valence-corrected chi connectivity index (χ0v) is 9.64. The SMILES string of the molecule is O=C(O)C1CC2CCC1N2C(=O)Cn1cnnn1. The normalized spacial score (nSPS) is 29.8. The molecule has 1 N–H and O–H groups in total. The van der Waals surface area contributed by atoms with Crippen molar-refractivity contribution in [1.82, 2.24) is 25.1 Å². The minimum absolute atomic E-state index is 0.0695. The zero-order chi connectivity index (χ0) is 12.7. The molecular formula is C10H13N5O3. The molecule has 8 heteroatoms. The lowest BCUT2D eigenvalue weighted by molar-refractivity contribution is -0.143. The van der Waals surface area contributed by atoms with Gasteiger partial charge in [-0.3, -0.25) is 9.59 Å². The fourth-order valence-corrected chi connectivity index (χ4v) is 3.12. The number of fused-ring (bicyclic) bond motifs is 2. The van der Waals surface area contributed by atoms with Gasteiger partial charge in [-0.05, 0) is 29.7 Å². The molecule has 2 bridgehead atoms. The van der Waals surface area contributed by atoms with Crippen LogP contribution in [0.1, 0.15) is 19.3 Å². The number of tetrazole rings is 1. The maximum absolute atomic E-state index is 12.2. The molecular weight excluding hydrogens is 238 g/mol. The molecule has 96 valence electrons. The van der Waals surface area contributed by atoms with Gasteiger partial charge in [0.2, 0.25) is 5.91 Å². The third-order valence-corrected chi connectivity index (χ3v) is 3.83. The molecule has 2 saturated heterocycles. The van der Waals surface area contributed by atoms with Crippen LogP contribution in [0.4, 0.5) is 0 Å².